The Balaban J connectivity index is 2.11. The first-order chi connectivity index (χ1) is 9.10. The van der Waals surface area contributed by atoms with Crippen molar-refractivity contribution in [3.63, 3.8) is 0 Å². The molecule has 2 rings (SSSR count). The highest BCUT2D eigenvalue weighted by Crippen LogP contribution is 2.19. The average Bonchev–Trinajstić information content (AvgIpc) is 2.83. The van der Waals surface area contributed by atoms with E-state index in [1.807, 2.05) is 6.92 Å². The van der Waals surface area contributed by atoms with Crippen molar-refractivity contribution in [3.05, 3.63) is 39.3 Å². The summed E-state index contributed by atoms with van der Waals surface area (Å²) in [5.41, 5.74) is 3.52. The van der Waals surface area contributed by atoms with E-state index in [-0.39, 0.29) is 0 Å². The fourth-order valence-corrected chi connectivity index (χ4v) is 2.88. The molecule has 0 fully saturated rings. The Bertz CT molecular complexity index is 546. The number of anilines is 1. The van der Waals surface area contributed by atoms with Crippen LogP contribution >= 0.6 is 11.3 Å². The fraction of sp³-hybridized carbons (Fsp3) is 0.467. The van der Waals surface area contributed by atoms with Crippen LogP contribution in [0.1, 0.15) is 48.5 Å². The largest absolute Gasteiger partial charge is 0.349 e. The maximum atomic E-state index is 4.57. The third-order valence-electron chi connectivity index (χ3n) is 3.09. The molecule has 0 aliphatic carbocycles. The SMILES string of the molecule is CCc1ccsc1CNc1nc(C)cc(C(C)C)n1. The summed E-state index contributed by atoms with van der Waals surface area (Å²) in [7, 11) is 0. The summed E-state index contributed by atoms with van der Waals surface area (Å²) in [5.74, 6) is 1.16. The van der Waals surface area contributed by atoms with Crippen LogP contribution < -0.4 is 5.32 Å². The molecule has 19 heavy (non-hydrogen) atoms. The van der Waals surface area contributed by atoms with Gasteiger partial charge in [0.15, 0.2) is 0 Å². The lowest BCUT2D eigenvalue weighted by atomic mass is 10.1. The van der Waals surface area contributed by atoms with E-state index >= 15 is 0 Å². The third-order valence-corrected chi connectivity index (χ3v) is 4.05. The normalized spacial score (nSPS) is 11.0. The van der Waals surface area contributed by atoms with Gasteiger partial charge < -0.3 is 5.32 Å². The third kappa shape index (κ3) is 3.53. The maximum Gasteiger partial charge on any atom is 0.223 e. The van der Waals surface area contributed by atoms with Crippen LogP contribution in [0, 0.1) is 6.92 Å². The van der Waals surface area contributed by atoms with Crippen LogP contribution in [0.25, 0.3) is 0 Å². The Hall–Kier alpha value is -1.42. The Kier molecular flexibility index (Phi) is 4.53. The highest BCUT2D eigenvalue weighted by Gasteiger charge is 2.07. The zero-order chi connectivity index (χ0) is 13.8. The van der Waals surface area contributed by atoms with Crippen LogP contribution in [0.5, 0.6) is 0 Å². The van der Waals surface area contributed by atoms with Gasteiger partial charge in [0, 0.05) is 16.3 Å². The molecule has 0 amide bonds. The van der Waals surface area contributed by atoms with Gasteiger partial charge in [-0.25, -0.2) is 9.97 Å². The highest BCUT2D eigenvalue weighted by atomic mass is 32.1. The Morgan fingerprint density at radius 3 is 2.79 bits per heavy atom. The molecule has 0 radical (unpaired) electrons. The molecule has 0 spiro atoms. The monoisotopic (exact) mass is 275 g/mol. The number of aromatic nitrogens is 2. The van der Waals surface area contributed by atoms with Crippen molar-refractivity contribution in [2.24, 2.45) is 0 Å². The Morgan fingerprint density at radius 1 is 1.32 bits per heavy atom. The van der Waals surface area contributed by atoms with E-state index in [0.717, 1.165) is 30.3 Å². The quantitative estimate of drug-likeness (QED) is 0.891. The lowest BCUT2D eigenvalue weighted by molar-refractivity contribution is 0.808. The molecule has 0 saturated heterocycles. The molecule has 0 bridgehead atoms. The summed E-state index contributed by atoms with van der Waals surface area (Å²) in [6.45, 7) is 9.31. The van der Waals surface area contributed by atoms with Crippen LogP contribution in [0.3, 0.4) is 0 Å². The van der Waals surface area contributed by atoms with E-state index in [0.29, 0.717) is 5.92 Å². The van der Waals surface area contributed by atoms with Crippen LogP contribution in [0.15, 0.2) is 17.5 Å². The minimum atomic E-state index is 0.426. The topological polar surface area (TPSA) is 37.8 Å². The van der Waals surface area contributed by atoms with Crippen LogP contribution in [0.2, 0.25) is 0 Å². The second-order valence-electron chi connectivity index (χ2n) is 4.99. The van der Waals surface area contributed by atoms with Crippen molar-refractivity contribution in [1.29, 1.82) is 0 Å². The predicted octanol–water partition coefficient (Wildman–Crippen LogP) is 4.14. The van der Waals surface area contributed by atoms with E-state index in [1.165, 1.54) is 10.4 Å². The number of hydrogen-bond donors (Lipinski definition) is 1. The van der Waals surface area contributed by atoms with Gasteiger partial charge in [-0.3, -0.25) is 0 Å². The van der Waals surface area contributed by atoms with Crippen molar-refractivity contribution in [1.82, 2.24) is 9.97 Å². The minimum absolute atomic E-state index is 0.426. The van der Waals surface area contributed by atoms with Gasteiger partial charge in [-0.15, -0.1) is 11.3 Å². The van der Waals surface area contributed by atoms with Gasteiger partial charge in [0.1, 0.15) is 0 Å². The molecule has 4 heteroatoms. The summed E-state index contributed by atoms with van der Waals surface area (Å²) >= 11 is 1.79. The van der Waals surface area contributed by atoms with Gasteiger partial charge in [0.25, 0.3) is 0 Å². The lowest BCUT2D eigenvalue weighted by Crippen LogP contribution is -2.07. The number of thiophene rings is 1. The van der Waals surface area contributed by atoms with Gasteiger partial charge in [0.2, 0.25) is 5.95 Å². The van der Waals surface area contributed by atoms with Gasteiger partial charge in [-0.1, -0.05) is 20.8 Å². The molecule has 0 atom stereocenters. The number of aryl methyl sites for hydroxylation is 2. The smallest absolute Gasteiger partial charge is 0.223 e. The Labute approximate surface area is 119 Å². The van der Waals surface area contributed by atoms with Gasteiger partial charge in [-0.2, -0.15) is 0 Å². The first kappa shape index (κ1) is 14.0. The number of rotatable bonds is 5. The standard InChI is InChI=1S/C15H21N3S/c1-5-12-6-7-19-14(12)9-16-15-17-11(4)8-13(18-15)10(2)3/h6-8,10H,5,9H2,1-4H3,(H,16,17,18). The molecule has 3 nitrogen and oxygen atoms in total. The molecule has 2 heterocycles. The first-order valence-corrected chi connectivity index (χ1v) is 7.62. The highest BCUT2D eigenvalue weighted by molar-refractivity contribution is 7.10. The van der Waals surface area contributed by atoms with Crippen LogP contribution in [-0.4, -0.2) is 9.97 Å². The average molecular weight is 275 g/mol. The van der Waals surface area contributed by atoms with E-state index in [1.54, 1.807) is 11.3 Å². The summed E-state index contributed by atoms with van der Waals surface area (Å²) in [6.07, 6.45) is 1.08. The van der Waals surface area contributed by atoms with E-state index < -0.39 is 0 Å². The summed E-state index contributed by atoms with van der Waals surface area (Å²) < 4.78 is 0. The van der Waals surface area contributed by atoms with Crippen molar-refractivity contribution in [2.75, 3.05) is 5.32 Å². The van der Waals surface area contributed by atoms with Crippen molar-refractivity contribution < 1.29 is 0 Å². The van der Waals surface area contributed by atoms with Crippen molar-refractivity contribution in [2.45, 2.75) is 46.6 Å². The second-order valence-corrected chi connectivity index (χ2v) is 5.99. The van der Waals surface area contributed by atoms with Gasteiger partial charge >= 0.3 is 0 Å². The molecule has 2 aromatic heterocycles. The summed E-state index contributed by atoms with van der Waals surface area (Å²) in [5, 5.41) is 5.49. The molecular formula is C15H21N3S. The molecule has 102 valence electrons. The predicted molar refractivity (Wildman–Crippen MR) is 81.9 cm³/mol. The van der Waals surface area contributed by atoms with Crippen LogP contribution in [-0.2, 0) is 13.0 Å². The minimum Gasteiger partial charge on any atom is -0.349 e. The fourth-order valence-electron chi connectivity index (χ4n) is 1.96. The number of nitrogens with zero attached hydrogens (tertiary/aromatic N) is 2. The molecule has 2 aromatic rings. The Morgan fingerprint density at radius 2 is 2.11 bits per heavy atom. The zero-order valence-electron chi connectivity index (χ0n) is 12.0. The molecule has 0 aromatic carbocycles. The lowest BCUT2D eigenvalue weighted by Gasteiger charge is -2.10. The summed E-state index contributed by atoms with van der Waals surface area (Å²) in [4.78, 5) is 10.4. The zero-order valence-corrected chi connectivity index (χ0v) is 12.8. The second kappa shape index (κ2) is 6.15. The first-order valence-electron chi connectivity index (χ1n) is 6.74. The molecule has 0 aliphatic heterocycles. The van der Waals surface area contributed by atoms with E-state index in [2.05, 4.69) is 53.6 Å². The van der Waals surface area contributed by atoms with Crippen molar-refractivity contribution in [3.8, 4) is 0 Å². The van der Waals surface area contributed by atoms with E-state index in [4.69, 9.17) is 0 Å². The van der Waals surface area contributed by atoms with Crippen molar-refractivity contribution >= 4 is 17.3 Å². The maximum absolute atomic E-state index is 4.57. The molecular weight excluding hydrogens is 254 g/mol. The molecule has 0 unspecified atom stereocenters. The molecule has 0 saturated carbocycles. The van der Waals surface area contributed by atoms with Crippen LogP contribution in [0.4, 0.5) is 5.95 Å². The number of nitrogens with one attached hydrogen (secondary N) is 1. The number of hydrogen-bond acceptors (Lipinski definition) is 4. The summed E-state index contributed by atoms with van der Waals surface area (Å²) in [6, 6.07) is 4.25. The van der Waals surface area contributed by atoms with E-state index in [9.17, 15) is 0 Å². The van der Waals surface area contributed by atoms with Gasteiger partial charge in [-0.05, 0) is 42.3 Å². The van der Waals surface area contributed by atoms with Gasteiger partial charge in [0.05, 0.1) is 6.54 Å². The molecule has 0 aliphatic rings. The molecule has 1 N–H and O–H groups in total.